The lowest BCUT2D eigenvalue weighted by molar-refractivity contribution is -0.0693. The zero-order valence-corrected chi connectivity index (χ0v) is 11.7. The van der Waals surface area contributed by atoms with Crippen molar-refractivity contribution in [1.82, 2.24) is 9.55 Å². The predicted molar refractivity (Wildman–Crippen MR) is 72.4 cm³/mol. The van der Waals surface area contributed by atoms with Gasteiger partial charge in [0.1, 0.15) is 0 Å². The van der Waals surface area contributed by atoms with Gasteiger partial charge in [-0.25, -0.2) is 4.79 Å². The minimum absolute atomic E-state index is 0.103. The Hall–Kier alpha value is -1.40. The molecule has 19 heavy (non-hydrogen) atoms. The number of aromatic nitrogens is 2. The van der Waals surface area contributed by atoms with Crippen molar-refractivity contribution in [3.05, 3.63) is 33.1 Å². The maximum atomic E-state index is 11.8. The molecule has 0 saturated heterocycles. The van der Waals surface area contributed by atoms with Crippen LogP contribution < -0.4 is 11.2 Å². The van der Waals surface area contributed by atoms with Crippen LogP contribution >= 0.6 is 0 Å². The third-order valence-corrected chi connectivity index (χ3v) is 3.69. The summed E-state index contributed by atoms with van der Waals surface area (Å²) in [4.78, 5) is 25.1. The second-order valence-corrected chi connectivity index (χ2v) is 4.68. The molecule has 0 aliphatic rings. The fraction of sp³-hybridized carbons (Fsp3) is 0.692. The monoisotopic (exact) mass is 270 g/mol. The van der Waals surface area contributed by atoms with Gasteiger partial charge in [-0.15, -0.1) is 0 Å². The minimum Gasteiger partial charge on any atom is -0.393 e. The summed E-state index contributed by atoms with van der Waals surface area (Å²) in [7, 11) is 1.56. The first kappa shape index (κ1) is 15.7. The van der Waals surface area contributed by atoms with E-state index in [1.54, 1.807) is 7.11 Å². The predicted octanol–water partition coefficient (Wildman–Crippen LogP) is 0.665. The number of hydrogen-bond acceptors (Lipinski definition) is 4. The second kappa shape index (κ2) is 6.68. The first-order valence-electron chi connectivity index (χ1n) is 6.49. The summed E-state index contributed by atoms with van der Waals surface area (Å²) in [5, 5.41) is 9.51. The first-order valence-corrected chi connectivity index (χ1v) is 6.49. The summed E-state index contributed by atoms with van der Waals surface area (Å²) in [6, 6.07) is 1.19. The molecule has 2 atom stereocenters. The fourth-order valence-corrected chi connectivity index (χ4v) is 2.20. The topological polar surface area (TPSA) is 84.3 Å². The van der Waals surface area contributed by atoms with Gasteiger partial charge in [0.2, 0.25) is 0 Å². The van der Waals surface area contributed by atoms with Gasteiger partial charge in [0.05, 0.1) is 12.2 Å². The summed E-state index contributed by atoms with van der Waals surface area (Å²) in [6.07, 6.45) is 3.35. The number of hydrogen-bond donors (Lipinski definition) is 2. The SMILES string of the molecule is CC[C@H](C[C@@](CC)(CO)OC)n1ccc(=O)[nH]c1=O. The smallest absolute Gasteiger partial charge is 0.328 e. The summed E-state index contributed by atoms with van der Waals surface area (Å²) < 4.78 is 6.90. The molecule has 0 radical (unpaired) electrons. The van der Waals surface area contributed by atoms with Gasteiger partial charge in [0.25, 0.3) is 5.56 Å². The van der Waals surface area contributed by atoms with Crippen molar-refractivity contribution < 1.29 is 9.84 Å². The fourth-order valence-electron chi connectivity index (χ4n) is 2.20. The lowest BCUT2D eigenvalue weighted by Crippen LogP contribution is -2.40. The Morgan fingerprint density at radius 2 is 2.16 bits per heavy atom. The van der Waals surface area contributed by atoms with Gasteiger partial charge in [-0.3, -0.25) is 14.3 Å². The summed E-state index contributed by atoms with van der Waals surface area (Å²) in [6.45, 7) is 3.78. The van der Waals surface area contributed by atoms with Crippen LogP contribution in [-0.2, 0) is 4.74 Å². The standard InChI is InChI=1S/C13H22N2O4/c1-4-10(8-13(5-2,9-16)19-3)15-7-6-11(17)14-12(15)18/h6-7,10,16H,4-5,8-9H2,1-3H3,(H,14,17,18)/t10-,13+/m1/s1. The molecule has 0 bridgehead atoms. The van der Waals surface area contributed by atoms with Crippen LogP contribution in [0.2, 0.25) is 0 Å². The number of aromatic amines is 1. The Labute approximate surface area is 112 Å². The van der Waals surface area contributed by atoms with Crippen molar-refractivity contribution in [1.29, 1.82) is 0 Å². The Kier molecular flexibility index (Phi) is 5.50. The van der Waals surface area contributed by atoms with Crippen LogP contribution in [0.5, 0.6) is 0 Å². The Balaban J connectivity index is 3.07. The number of nitrogens with zero attached hydrogens (tertiary/aromatic N) is 1. The zero-order valence-electron chi connectivity index (χ0n) is 11.7. The van der Waals surface area contributed by atoms with Gasteiger partial charge < -0.3 is 9.84 Å². The van der Waals surface area contributed by atoms with Crippen LogP contribution in [0.25, 0.3) is 0 Å². The number of H-pyrrole nitrogens is 1. The van der Waals surface area contributed by atoms with Crippen LogP contribution in [-0.4, -0.2) is 34.0 Å². The highest BCUT2D eigenvalue weighted by molar-refractivity contribution is 4.89. The second-order valence-electron chi connectivity index (χ2n) is 4.68. The van der Waals surface area contributed by atoms with E-state index < -0.39 is 16.9 Å². The molecule has 0 amide bonds. The van der Waals surface area contributed by atoms with Crippen molar-refractivity contribution in [2.75, 3.05) is 13.7 Å². The van der Waals surface area contributed by atoms with E-state index in [0.717, 1.165) is 0 Å². The van der Waals surface area contributed by atoms with Crippen molar-refractivity contribution >= 4 is 0 Å². The molecule has 0 aliphatic heterocycles. The normalized spacial score (nSPS) is 16.0. The van der Waals surface area contributed by atoms with Gasteiger partial charge in [0.15, 0.2) is 0 Å². The summed E-state index contributed by atoms with van der Waals surface area (Å²) in [5.41, 5.74) is -1.50. The number of ether oxygens (including phenoxy) is 1. The van der Waals surface area contributed by atoms with Crippen LogP contribution in [0, 0.1) is 0 Å². The van der Waals surface area contributed by atoms with E-state index in [-0.39, 0.29) is 12.6 Å². The van der Waals surface area contributed by atoms with Gasteiger partial charge in [-0.1, -0.05) is 13.8 Å². The van der Waals surface area contributed by atoms with E-state index in [1.807, 2.05) is 13.8 Å². The molecule has 1 aromatic heterocycles. The van der Waals surface area contributed by atoms with E-state index in [9.17, 15) is 14.7 Å². The molecule has 0 spiro atoms. The zero-order chi connectivity index (χ0) is 14.5. The molecular weight excluding hydrogens is 248 g/mol. The number of methoxy groups -OCH3 is 1. The molecule has 108 valence electrons. The van der Waals surface area contributed by atoms with E-state index in [1.165, 1.54) is 16.8 Å². The lowest BCUT2D eigenvalue weighted by Gasteiger charge is -2.33. The molecule has 1 rings (SSSR count). The Morgan fingerprint density at radius 1 is 1.47 bits per heavy atom. The van der Waals surface area contributed by atoms with Crippen LogP contribution in [0.15, 0.2) is 21.9 Å². The molecule has 0 aliphatic carbocycles. The van der Waals surface area contributed by atoms with Crippen molar-refractivity contribution in [3.63, 3.8) is 0 Å². The molecule has 0 saturated carbocycles. The van der Waals surface area contributed by atoms with E-state index in [2.05, 4.69) is 4.98 Å². The molecule has 1 heterocycles. The van der Waals surface area contributed by atoms with E-state index in [4.69, 9.17) is 4.74 Å². The minimum atomic E-state index is -0.656. The number of aliphatic hydroxyl groups is 1. The highest BCUT2D eigenvalue weighted by atomic mass is 16.5. The maximum absolute atomic E-state index is 11.8. The lowest BCUT2D eigenvalue weighted by atomic mass is 9.91. The molecule has 0 fully saturated rings. The molecule has 2 N–H and O–H groups in total. The van der Waals surface area contributed by atoms with Gasteiger partial charge in [-0.05, 0) is 19.3 Å². The Bertz CT molecular complexity index is 494. The van der Waals surface area contributed by atoms with E-state index in [0.29, 0.717) is 19.3 Å². The van der Waals surface area contributed by atoms with Crippen molar-refractivity contribution in [2.24, 2.45) is 0 Å². The van der Waals surface area contributed by atoms with Crippen LogP contribution in [0.3, 0.4) is 0 Å². The molecule has 0 unspecified atom stereocenters. The maximum Gasteiger partial charge on any atom is 0.328 e. The molecule has 0 aromatic carbocycles. The highest BCUT2D eigenvalue weighted by Gasteiger charge is 2.31. The third kappa shape index (κ3) is 3.54. The first-order chi connectivity index (χ1) is 9.01. The number of aliphatic hydroxyl groups excluding tert-OH is 1. The van der Waals surface area contributed by atoms with E-state index >= 15 is 0 Å². The average Bonchev–Trinajstić information content (AvgIpc) is 2.42. The number of nitrogens with one attached hydrogen (secondary N) is 1. The van der Waals surface area contributed by atoms with Gasteiger partial charge in [-0.2, -0.15) is 0 Å². The largest absolute Gasteiger partial charge is 0.393 e. The quantitative estimate of drug-likeness (QED) is 0.762. The van der Waals surface area contributed by atoms with Gasteiger partial charge >= 0.3 is 5.69 Å². The molecule has 1 aromatic rings. The number of rotatable bonds is 7. The Morgan fingerprint density at radius 3 is 2.58 bits per heavy atom. The summed E-state index contributed by atoms with van der Waals surface area (Å²) >= 11 is 0. The van der Waals surface area contributed by atoms with Crippen molar-refractivity contribution in [3.8, 4) is 0 Å². The average molecular weight is 270 g/mol. The van der Waals surface area contributed by atoms with Crippen LogP contribution in [0.4, 0.5) is 0 Å². The highest BCUT2D eigenvalue weighted by Crippen LogP contribution is 2.28. The van der Waals surface area contributed by atoms with Crippen molar-refractivity contribution in [2.45, 2.75) is 44.8 Å². The third-order valence-electron chi connectivity index (χ3n) is 3.69. The van der Waals surface area contributed by atoms with Crippen LogP contribution in [0.1, 0.15) is 39.2 Å². The summed E-state index contributed by atoms with van der Waals surface area (Å²) in [5.74, 6) is 0. The molecule has 6 heteroatoms. The van der Waals surface area contributed by atoms with Gasteiger partial charge in [0, 0.05) is 25.4 Å². The molecule has 6 nitrogen and oxygen atoms in total. The molecular formula is C13H22N2O4.